The van der Waals surface area contributed by atoms with Crippen LogP contribution in [-0.2, 0) is 6.18 Å². The number of benzene rings is 1. The van der Waals surface area contributed by atoms with E-state index >= 15 is 0 Å². The van der Waals surface area contributed by atoms with Crippen LogP contribution in [0.4, 0.5) is 13.2 Å². The van der Waals surface area contributed by atoms with Crippen LogP contribution in [0.2, 0.25) is 0 Å². The second-order valence-corrected chi connectivity index (χ2v) is 9.60. The highest BCUT2D eigenvalue weighted by atomic mass is 19.4. The first-order valence-electron chi connectivity index (χ1n) is 11.2. The molecular weight excluding hydrogens is 357 g/mol. The molecule has 0 amide bonds. The zero-order chi connectivity index (χ0) is 19.7. The first-order valence-corrected chi connectivity index (χ1v) is 11.2. The van der Waals surface area contributed by atoms with Crippen molar-refractivity contribution in [3.8, 4) is 0 Å². The van der Waals surface area contributed by atoms with Gasteiger partial charge < -0.3 is 0 Å². The van der Waals surface area contributed by atoms with Crippen LogP contribution in [0.15, 0.2) is 36.9 Å². The monoisotopic (exact) mass is 390 g/mol. The Labute approximate surface area is 167 Å². The average Bonchev–Trinajstić information content (AvgIpc) is 2.71. The number of allylic oxidation sites excluding steroid dienone is 1. The first-order chi connectivity index (χ1) is 13.5. The van der Waals surface area contributed by atoms with Crippen LogP contribution in [0.3, 0.4) is 0 Å². The van der Waals surface area contributed by atoms with Crippen molar-refractivity contribution in [2.45, 2.75) is 76.3 Å². The molecule has 0 bridgehead atoms. The van der Waals surface area contributed by atoms with E-state index in [0.717, 1.165) is 48.0 Å². The number of fused-ring (bicyclic) bond motifs is 3. The molecule has 3 saturated carbocycles. The minimum atomic E-state index is -4.24. The van der Waals surface area contributed by atoms with Crippen LogP contribution in [0.5, 0.6) is 0 Å². The molecule has 4 rings (SSSR count). The van der Waals surface area contributed by atoms with Gasteiger partial charge in [0.25, 0.3) is 0 Å². The lowest BCUT2D eigenvalue weighted by molar-refractivity contribution is -0.137. The summed E-state index contributed by atoms with van der Waals surface area (Å²) in [5.41, 5.74) is 0.584. The summed E-state index contributed by atoms with van der Waals surface area (Å²) in [5, 5.41) is 0. The smallest absolute Gasteiger partial charge is 0.166 e. The molecule has 1 aromatic rings. The number of halogens is 3. The van der Waals surface area contributed by atoms with Crippen LogP contribution in [0.25, 0.3) is 0 Å². The van der Waals surface area contributed by atoms with Crippen molar-refractivity contribution >= 4 is 0 Å². The van der Waals surface area contributed by atoms with Crippen molar-refractivity contribution in [2.75, 3.05) is 0 Å². The average molecular weight is 391 g/mol. The summed E-state index contributed by atoms with van der Waals surface area (Å²) in [6, 6.07) is 5.99. The van der Waals surface area contributed by atoms with Crippen LogP contribution < -0.4 is 0 Å². The van der Waals surface area contributed by atoms with E-state index in [-0.39, 0.29) is 0 Å². The summed E-state index contributed by atoms with van der Waals surface area (Å²) in [6.45, 7) is 3.87. The Morgan fingerprint density at radius 3 is 2.14 bits per heavy atom. The zero-order valence-electron chi connectivity index (χ0n) is 16.8. The Hall–Kier alpha value is -1.25. The molecule has 1 unspecified atom stereocenters. The molecule has 3 aliphatic carbocycles. The molecule has 3 heteroatoms. The molecule has 0 aliphatic heterocycles. The van der Waals surface area contributed by atoms with Gasteiger partial charge in [-0.1, -0.05) is 24.6 Å². The van der Waals surface area contributed by atoms with E-state index < -0.39 is 11.7 Å². The number of rotatable bonds is 4. The van der Waals surface area contributed by atoms with Crippen LogP contribution in [-0.4, -0.2) is 0 Å². The first kappa shape index (κ1) is 20.0. The van der Waals surface area contributed by atoms with Crippen molar-refractivity contribution in [1.82, 2.24) is 0 Å². The summed E-state index contributed by atoms with van der Waals surface area (Å²) in [7, 11) is 0. The Balaban J connectivity index is 1.37. The molecule has 154 valence electrons. The van der Waals surface area contributed by atoms with Crippen molar-refractivity contribution in [2.24, 2.45) is 29.6 Å². The van der Waals surface area contributed by atoms with E-state index in [0.29, 0.717) is 5.92 Å². The maximum Gasteiger partial charge on any atom is 0.416 e. The van der Waals surface area contributed by atoms with Crippen LogP contribution in [0.1, 0.15) is 81.3 Å². The molecule has 0 heterocycles. The summed E-state index contributed by atoms with van der Waals surface area (Å²) in [6.07, 6.45) is 10.8. The fraction of sp³-hybridized carbons (Fsp3) is 0.680. The van der Waals surface area contributed by atoms with Crippen molar-refractivity contribution < 1.29 is 13.2 Å². The Kier molecular flexibility index (Phi) is 5.90. The van der Waals surface area contributed by atoms with Gasteiger partial charge in [-0.3, -0.25) is 0 Å². The standard InChI is InChI=1S/C25H33F3/c1-2-3-4-17-5-13-23-20(15-17)6-7-21-16-19(10-14-24(21)23)18-8-11-22(12-9-18)25(26,27)28/h2,8-9,11-12,17,19-21,23-24H,1,3-7,10,13-16H2/t17-,19?,20-,21+,23+,24+/m1/s1. The molecule has 0 nitrogen and oxygen atoms in total. The van der Waals surface area contributed by atoms with E-state index in [2.05, 4.69) is 12.7 Å². The van der Waals surface area contributed by atoms with Gasteiger partial charge in [-0.2, -0.15) is 13.2 Å². The third kappa shape index (κ3) is 4.19. The van der Waals surface area contributed by atoms with Crippen molar-refractivity contribution in [3.05, 3.63) is 48.0 Å². The zero-order valence-corrected chi connectivity index (χ0v) is 16.8. The van der Waals surface area contributed by atoms with Gasteiger partial charge in [0.2, 0.25) is 0 Å². The summed E-state index contributed by atoms with van der Waals surface area (Å²) >= 11 is 0. The quantitative estimate of drug-likeness (QED) is 0.457. The lowest BCUT2D eigenvalue weighted by Crippen LogP contribution is -2.41. The Morgan fingerprint density at radius 1 is 0.857 bits per heavy atom. The van der Waals surface area contributed by atoms with E-state index in [1.807, 2.05) is 0 Å². The Morgan fingerprint density at radius 2 is 1.50 bits per heavy atom. The highest BCUT2D eigenvalue weighted by Crippen LogP contribution is 2.55. The lowest BCUT2D eigenvalue weighted by Gasteiger charge is -2.51. The van der Waals surface area contributed by atoms with Gasteiger partial charge in [-0.25, -0.2) is 0 Å². The van der Waals surface area contributed by atoms with Crippen LogP contribution in [0, 0.1) is 29.6 Å². The molecule has 3 aliphatic rings. The van der Waals surface area contributed by atoms with E-state index in [4.69, 9.17) is 0 Å². The highest BCUT2D eigenvalue weighted by molar-refractivity contribution is 5.27. The minimum absolute atomic E-state index is 0.448. The van der Waals surface area contributed by atoms with Crippen LogP contribution >= 0.6 is 0 Å². The molecular formula is C25H33F3. The van der Waals surface area contributed by atoms with E-state index in [9.17, 15) is 13.2 Å². The maximum atomic E-state index is 12.8. The molecule has 0 aromatic heterocycles. The van der Waals surface area contributed by atoms with Gasteiger partial charge in [-0.05, 0) is 111 Å². The Bertz CT molecular complexity index is 659. The summed E-state index contributed by atoms with van der Waals surface area (Å²) in [5.74, 6) is 4.83. The van der Waals surface area contributed by atoms with Crippen molar-refractivity contribution in [1.29, 1.82) is 0 Å². The second kappa shape index (κ2) is 8.24. The predicted molar refractivity (Wildman–Crippen MR) is 108 cm³/mol. The number of hydrogen-bond acceptors (Lipinski definition) is 0. The van der Waals surface area contributed by atoms with Gasteiger partial charge in [0.15, 0.2) is 0 Å². The van der Waals surface area contributed by atoms with E-state index in [1.165, 1.54) is 63.5 Å². The molecule has 0 radical (unpaired) electrons. The minimum Gasteiger partial charge on any atom is -0.166 e. The number of hydrogen-bond donors (Lipinski definition) is 0. The molecule has 0 saturated heterocycles. The molecule has 0 spiro atoms. The fourth-order valence-electron chi connectivity index (χ4n) is 6.75. The van der Waals surface area contributed by atoms with E-state index in [1.54, 1.807) is 12.1 Å². The molecule has 6 atom stereocenters. The third-order valence-corrected chi connectivity index (χ3v) is 8.14. The molecule has 1 aromatic carbocycles. The third-order valence-electron chi connectivity index (χ3n) is 8.14. The second-order valence-electron chi connectivity index (χ2n) is 9.60. The van der Waals surface area contributed by atoms with Gasteiger partial charge in [0.05, 0.1) is 5.56 Å². The maximum absolute atomic E-state index is 12.8. The SMILES string of the molecule is C=CCC[C@@H]1CC[C@H]2[C@H](CC[C@H]3CC(c4ccc(C(F)(F)F)cc4)CC[C@@H]32)C1. The molecule has 3 fully saturated rings. The van der Waals surface area contributed by atoms with Gasteiger partial charge in [-0.15, -0.1) is 6.58 Å². The molecule has 28 heavy (non-hydrogen) atoms. The van der Waals surface area contributed by atoms with Gasteiger partial charge >= 0.3 is 6.18 Å². The summed E-state index contributed by atoms with van der Waals surface area (Å²) < 4.78 is 38.5. The fourth-order valence-corrected chi connectivity index (χ4v) is 6.75. The van der Waals surface area contributed by atoms with Crippen molar-refractivity contribution in [3.63, 3.8) is 0 Å². The largest absolute Gasteiger partial charge is 0.416 e. The number of alkyl halides is 3. The highest BCUT2D eigenvalue weighted by Gasteiger charge is 2.44. The summed E-state index contributed by atoms with van der Waals surface area (Å²) in [4.78, 5) is 0. The topological polar surface area (TPSA) is 0 Å². The van der Waals surface area contributed by atoms with Gasteiger partial charge in [0.1, 0.15) is 0 Å². The predicted octanol–water partition coefficient (Wildman–Crippen LogP) is 8.00. The molecule has 0 N–H and O–H groups in total. The van der Waals surface area contributed by atoms with Gasteiger partial charge in [0, 0.05) is 0 Å². The lowest BCUT2D eigenvalue weighted by atomic mass is 9.55. The normalized spacial score (nSPS) is 35.7.